The van der Waals surface area contributed by atoms with Crippen LogP contribution in [-0.2, 0) is 17.8 Å². The van der Waals surface area contributed by atoms with Gasteiger partial charge in [0.15, 0.2) is 0 Å². The number of furan rings is 1. The fraction of sp³-hybridized carbons (Fsp3) is 0.312. The molecule has 0 bridgehead atoms. The van der Waals surface area contributed by atoms with Gasteiger partial charge in [-0.1, -0.05) is 12.1 Å². The van der Waals surface area contributed by atoms with Gasteiger partial charge in [0.05, 0.1) is 6.61 Å². The molecule has 0 spiro atoms. The Hall–Kier alpha value is -2.27. The first kappa shape index (κ1) is 15.1. The summed E-state index contributed by atoms with van der Waals surface area (Å²) in [7, 11) is 1.67. The number of methoxy groups -OCH3 is 1. The molecule has 0 fully saturated rings. The number of hydrogen-bond acceptors (Lipinski definition) is 4. The van der Waals surface area contributed by atoms with Crippen molar-refractivity contribution in [2.24, 2.45) is 0 Å². The summed E-state index contributed by atoms with van der Waals surface area (Å²) >= 11 is 0. The zero-order valence-electron chi connectivity index (χ0n) is 12.1. The third-order valence-electron chi connectivity index (χ3n) is 3.10. The van der Waals surface area contributed by atoms with Gasteiger partial charge < -0.3 is 19.0 Å². The molecule has 0 aliphatic rings. The highest BCUT2D eigenvalue weighted by Gasteiger charge is 2.13. The summed E-state index contributed by atoms with van der Waals surface area (Å²) in [5.41, 5.74) is 1.34. The van der Waals surface area contributed by atoms with Gasteiger partial charge in [-0.25, -0.2) is 4.79 Å². The lowest BCUT2D eigenvalue weighted by Gasteiger charge is -2.05. The van der Waals surface area contributed by atoms with Gasteiger partial charge in [0.2, 0.25) is 0 Å². The van der Waals surface area contributed by atoms with Crippen molar-refractivity contribution in [1.82, 2.24) is 0 Å². The number of carbonyl (C=O) groups is 1. The van der Waals surface area contributed by atoms with Crippen LogP contribution in [-0.4, -0.2) is 24.8 Å². The number of carboxylic acids is 1. The first-order valence-electron chi connectivity index (χ1n) is 6.63. The number of ether oxygens (including phenoxy) is 2. The van der Waals surface area contributed by atoms with Crippen molar-refractivity contribution in [1.29, 1.82) is 0 Å². The molecule has 1 aromatic heterocycles. The lowest BCUT2D eigenvalue weighted by atomic mass is 10.1. The number of rotatable bonds is 7. The van der Waals surface area contributed by atoms with E-state index in [2.05, 4.69) is 0 Å². The Bertz CT molecular complexity index is 598. The Balaban J connectivity index is 1.93. The van der Waals surface area contributed by atoms with E-state index >= 15 is 0 Å². The zero-order chi connectivity index (χ0) is 15.2. The Morgan fingerprint density at radius 2 is 2.00 bits per heavy atom. The predicted molar refractivity (Wildman–Crippen MR) is 76.8 cm³/mol. The first-order valence-corrected chi connectivity index (χ1v) is 6.63. The highest BCUT2D eigenvalue weighted by atomic mass is 16.5. The summed E-state index contributed by atoms with van der Waals surface area (Å²) in [6.07, 6.45) is 0.857. The summed E-state index contributed by atoms with van der Waals surface area (Å²) in [6.45, 7) is 2.51. The van der Waals surface area contributed by atoms with E-state index in [9.17, 15) is 4.79 Å². The van der Waals surface area contributed by atoms with E-state index in [0.717, 1.165) is 6.42 Å². The normalized spacial score (nSPS) is 10.6. The molecule has 0 amide bonds. The van der Waals surface area contributed by atoms with Gasteiger partial charge in [-0.15, -0.1) is 0 Å². The van der Waals surface area contributed by atoms with Crippen LogP contribution in [0.2, 0.25) is 0 Å². The molecule has 2 rings (SSSR count). The standard InChI is InChI=1S/C16H18O5/c1-11-15(16(17)18)9-14(21-11)10-20-13-5-3-12(4-6-13)7-8-19-2/h3-6,9H,7-8,10H2,1-2H3,(H,17,18). The van der Waals surface area contributed by atoms with E-state index in [4.69, 9.17) is 19.0 Å². The first-order chi connectivity index (χ1) is 10.1. The maximum Gasteiger partial charge on any atom is 0.339 e. The summed E-state index contributed by atoms with van der Waals surface area (Å²) < 4.78 is 16.0. The van der Waals surface area contributed by atoms with Crippen molar-refractivity contribution in [3.63, 3.8) is 0 Å². The second kappa shape index (κ2) is 6.95. The Morgan fingerprint density at radius 3 is 2.57 bits per heavy atom. The Kier molecular flexibility index (Phi) is 5.00. The number of aromatic carboxylic acids is 1. The predicted octanol–water partition coefficient (Wildman–Crippen LogP) is 3.05. The fourth-order valence-electron chi connectivity index (χ4n) is 1.95. The van der Waals surface area contributed by atoms with Gasteiger partial charge in [-0.3, -0.25) is 0 Å². The van der Waals surface area contributed by atoms with Crippen LogP contribution in [0.25, 0.3) is 0 Å². The maximum atomic E-state index is 10.9. The lowest BCUT2D eigenvalue weighted by molar-refractivity contribution is 0.0695. The third-order valence-corrected chi connectivity index (χ3v) is 3.10. The third kappa shape index (κ3) is 4.10. The molecule has 0 unspecified atom stereocenters. The quantitative estimate of drug-likeness (QED) is 0.848. The molecule has 1 heterocycles. The van der Waals surface area contributed by atoms with E-state index in [-0.39, 0.29) is 12.2 Å². The van der Waals surface area contributed by atoms with E-state index < -0.39 is 5.97 Å². The number of hydrogen-bond donors (Lipinski definition) is 1. The molecule has 0 saturated heterocycles. The average Bonchev–Trinajstić information content (AvgIpc) is 2.85. The molecular formula is C16H18O5. The SMILES string of the molecule is COCCc1ccc(OCc2cc(C(=O)O)c(C)o2)cc1. The van der Waals surface area contributed by atoms with Crippen LogP contribution in [0.3, 0.4) is 0 Å². The summed E-state index contributed by atoms with van der Waals surface area (Å²) in [5.74, 6) is 0.594. The fourth-order valence-corrected chi connectivity index (χ4v) is 1.95. The summed E-state index contributed by atoms with van der Waals surface area (Å²) in [5, 5.41) is 8.95. The van der Waals surface area contributed by atoms with E-state index in [1.54, 1.807) is 14.0 Å². The van der Waals surface area contributed by atoms with Crippen LogP contribution in [0.5, 0.6) is 5.75 Å². The molecule has 1 aromatic carbocycles. The van der Waals surface area contributed by atoms with Gasteiger partial charge >= 0.3 is 5.97 Å². The minimum absolute atomic E-state index is 0.170. The minimum Gasteiger partial charge on any atom is -0.486 e. The van der Waals surface area contributed by atoms with Crippen LogP contribution in [0.4, 0.5) is 0 Å². The van der Waals surface area contributed by atoms with Crippen LogP contribution in [0.15, 0.2) is 34.7 Å². The van der Waals surface area contributed by atoms with Gasteiger partial charge in [-0.05, 0) is 37.1 Å². The smallest absolute Gasteiger partial charge is 0.339 e. The molecule has 0 atom stereocenters. The highest BCUT2D eigenvalue weighted by molar-refractivity contribution is 5.88. The lowest BCUT2D eigenvalue weighted by Crippen LogP contribution is -1.97. The second-order valence-corrected chi connectivity index (χ2v) is 4.66. The summed E-state index contributed by atoms with van der Waals surface area (Å²) in [6, 6.07) is 9.19. The number of aryl methyl sites for hydroxylation is 1. The molecule has 0 radical (unpaired) electrons. The van der Waals surface area contributed by atoms with Crippen molar-refractivity contribution < 1.29 is 23.8 Å². The molecule has 0 aliphatic heterocycles. The zero-order valence-corrected chi connectivity index (χ0v) is 12.1. The van der Waals surface area contributed by atoms with Gasteiger partial charge in [0.25, 0.3) is 0 Å². The second-order valence-electron chi connectivity index (χ2n) is 4.66. The molecule has 21 heavy (non-hydrogen) atoms. The largest absolute Gasteiger partial charge is 0.486 e. The Morgan fingerprint density at radius 1 is 1.29 bits per heavy atom. The average molecular weight is 290 g/mol. The van der Waals surface area contributed by atoms with Gasteiger partial charge in [-0.2, -0.15) is 0 Å². The molecule has 1 N–H and O–H groups in total. The number of carboxylic acid groups (broad SMARTS) is 1. The highest BCUT2D eigenvalue weighted by Crippen LogP contribution is 2.18. The van der Waals surface area contributed by atoms with E-state index in [1.165, 1.54) is 11.6 Å². The minimum atomic E-state index is -0.995. The van der Waals surface area contributed by atoms with E-state index in [1.807, 2.05) is 24.3 Å². The molecule has 0 aliphatic carbocycles. The maximum absolute atomic E-state index is 10.9. The molecule has 5 nitrogen and oxygen atoms in total. The van der Waals surface area contributed by atoms with Gasteiger partial charge in [0, 0.05) is 7.11 Å². The Labute approximate surface area is 123 Å². The van der Waals surface area contributed by atoms with Crippen LogP contribution in [0, 0.1) is 6.92 Å². The van der Waals surface area contributed by atoms with Crippen LogP contribution < -0.4 is 4.74 Å². The summed E-state index contributed by atoms with van der Waals surface area (Å²) in [4.78, 5) is 10.9. The molecule has 5 heteroatoms. The molecule has 2 aromatic rings. The molecule has 112 valence electrons. The van der Waals surface area contributed by atoms with E-state index in [0.29, 0.717) is 23.9 Å². The van der Waals surface area contributed by atoms with Crippen molar-refractivity contribution in [3.8, 4) is 5.75 Å². The van der Waals surface area contributed by atoms with Crippen molar-refractivity contribution in [3.05, 3.63) is 53.0 Å². The van der Waals surface area contributed by atoms with Crippen molar-refractivity contribution in [2.45, 2.75) is 20.0 Å². The van der Waals surface area contributed by atoms with Crippen LogP contribution in [0.1, 0.15) is 27.4 Å². The van der Waals surface area contributed by atoms with Gasteiger partial charge in [0.1, 0.15) is 29.4 Å². The monoisotopic (exact) mass is 290 g/mol. The number of benzene rings is 1. The molecule has 0 saturated carbocycles. The van der Waals surface area contributed by atoms with Crippen molar-refractivity contribution in [2.75, 3.05) is 13.7 Å². The van der Waals surface area contributed by atoms with Crippen LogP contribution >= 0.6 is 0 Å². The van der Waals surface area contributed by atoms with Crippen molar-refractivity contribution >= 4 is 5.97 Å². The topological polar surface area (TPSA) is 68.9 Å². The molecular weight excluding hydrogens is 272 g/mol.